The third-order valence-corrected chi connectivity index (χ3v) is 6.41. The monoisotopic (exact) mass is 374 g/mol. The van der Waals surface area contributed by atoms with Gasteiger partial charge in [-0.15, -0.1) is 0 Å². The summed E-state index contributed by atoms with van der Waals surface area (Å²) >= 11 is 0. The van der Waals surface area contributed by atoms with Crippen molar-refractivity contribution in [2.45, 2.75) is 63.6 Å². The quantitative estimate of drug-likeness (QED) is 0.439. The minimum atomic E-state index is -1.80. The molecule has 4 aliphatic rings. The first kappa shape index (κ1) is 18.1. The van der Waals surface area contributed by atoms with Crippen molar-refractivity contribution in [1.82, 2.24) is 0 Å². The number of esters is 2. The van der Waals surface area contributed by atoms with E-state index in [1.807, 2.05) is 0 Å². The van der Waals surface area contributed by atoms with E-state index in [4.69, 9.17) is 14.2 Å². The number of allylic oxidation sites excluding steroid dienone is 1. The summed E-state index contributed by atoms with van der Waals surface area (Å²) in [7, 11) is 0. The molecule has 2 heterocycles. The summed E-state index contributed by atoms with van der Waals surface area (Å²) in [5, 5.41) is 11.6. The molecule has 0 spiro atoms. The van der Waals surface area contributed by atoms with Crippen LogP contribution in [0.25, 0.3) is 0 Å². The fourth-order valence-electron chi connectivity index (χ4n) is 4.67. The van der Waals surface area contributed by atoms with Crippen LogP contribution >= 0.6 is 0 Å². The summed E-state index contributed by atoms with van der Waals surface area (Å²) in [6, 6.07) is 0. The summed E-state index contributed by atoms with van der Waals surface area (Å²) < 4.78 is 16.6. The zero-order valence-corrected chi connectivity index (χ0v) is 15.7. The lowest BCUT2D eigenvalue weighted by Crippen LogP contribution is -2.56. The van der Waals surface area contributed by atoms with E-state index in [1.54, 1.807) is 33.8 Å². The van der Waals surface area contributed by atoms with Crippen LogP contribution in [0.5, 0.6) is 0 Å². The van der Waals surface area contributed by atoms with Gasteiger partial charge in [-0.25, -0.2) is 9.59 Å². The summed E-state index contributed by atoms with van der Waals surface area (Å²) in [4.78, 5) is 37.4. The zero-order chi connectivity index (χ0) is 19.9. The van der Waals surface area contributed by atoms with Crippen molar-refractivity contribution in [3.8, 4) is 0 Å². The van der Waals surface area contributed by atoms with Crippen molar-refractivity contribution in [3.63, 3.8) is 0 Å². The summed E-state index contributed by atoms with van der Waals surface area (Å²) in [5.74, 6) is -2.26. The third-order valence-electron chi connectivity index (χ3n) is 6.41. The van der Waals surface area contributed by atoms with Crippen molar-refractivity contribution in [2.24, 2.45) is 5.92 Å². The fourth-order valence-corrected chi connectivity index (χ4v) is 4.67. The molecular formula is C20H22O7. The van der Waals surface area contributed by atoms with Crippen molar-refractivity contribution in [1.29, 1.82) is 0 Å². The summed E-state index contributed by atoms with van der Waals surface area (Å²) in [5.41, 5.74) is -1.60. The maximum atomic E-state index is 12.8. The molecule has 0 bridgehead atoms. The van der Waals surface area contributed by atoms with E-state index in [-0.39, 0.29) is 23.4 Å². The molecule has 1 saturated carbocycles. The molecule has 0 aromatic heterocycles. The Morgan fingerprint density at radius 1 is 1.41 bits per heavy atom. The van der Waals surface area contributed by atoms with Crippen LogP contribution in [0.4, 0.5) is 0 Å². The average molecular weight is 374 g/mol. The number of ether oxygens (including phenoxy) is 3. The highest BCUT2D eigenvalue weighted by Crippen LogP contribution is 2.62. The van der Waals surface area contributed by atoms with Crippen molar-refractivity contribution in [3.05, 3.63) is 34.9 Å². The maximum Gasteiger partial charge on any atom is 0.334 e. The van der Waals surface area contributed by atoms with E-state index >= 15 is 0 Å². The average Bonchev–Trinajstić information content (AvgIpc) is 3.20. The molecule has 0 aromatic rings. The SMILES string of the molecule is C=C1C(=O)OC2C1C(OC(=O)C(C)=CC)CC(C)=C1C(=O)C3OC3(C)C12O. The van der Waals surface area contributed by atoms with Crippen LogP contribution < -0.4 is 0 Å². The molecule has 27 heavy (non-hydrogen) atoms. The Bertz CT molecular complexity index is 866. The van der Waals surface area contributed by atoms with E-state index in [0.29, 0.717) is 11.1 Å². The first-order chi connectivity index (χ1) is 12.6. The molecule has 6 unspecified atom stereocenters. The minimum absolute atomic E-state index is 0.124. The van der Waals surface area contributed by atoms with Gasteiger partial charge < -0.3 is 19.3 Å². The Balaban J connectivity index is 1.83. The maximum absolute atomic E-state index is 12.8. The molecule has 7 nitrogen and oxygen atoms in total. The number of Topliss-reactive ketones (excluding diaryl/α,β-unsaturated/α-hetero) is 1. The molecule has 2 aliphatic carbocycles. The number of carbonyl (C=O) groups excluding carboxylic acids is 3. The Kier molecular flexibility index (Phi) is 3.62. The topological polar surface area (TPSA) is 102 Å². The van der Waals surface area contributed by atoms with Crippen molar-refractivity contribution in [2.75, 3.05) is 0 Å². The first-order valence-corrected chi connectivity index (χ1v) is 8.96. The summed E-state index contributed by atoms with van der Waals surface area (Å²) in [6.07, 6.45) is -0.805. The number of epoxide rings is 1. The van der Waals surface area contributed by atoms with Crippen molar-refractivity contribution >= 4 is 17.7 Å². The van der Waals surface area contributed by atoms with Crippen molar-refractivity contribution < 1.29 is 33.7 Å². The molecule has 2 saturated heterocycles. The molecule has 0 radical (unpaired) electrons. The molecule has 6 atom stereocenters. The molecule has 3 fully saturated rings. The number of aliphatic hydroxyl groups is 1. The number of rotatable bonds is 2. The first-order valence-electron chi connectivity index (χ1n) is 8.96. The zero-order valence-electron chi connectivity index (χ0n) is 15.7. The second-order valence-electron chi connectivity index (χ2n) is 7.89. The van der Waals surface area contributed by atoms with Gasteiger partial charge in [0.15, 0.2) is 17.5 Å². The number of hydrogen-bond donors (Lipinski definition) is 1. The number of ketones is 1. The van der Waals surface area contributed by atoms with E-state index < -0.39 is 47.4 Å². The van der Waals surface area contributed by atoms with Gasteiger partial charge in [0.2, 0.25) is 0 Å². The van der Waals surface area contributed by atoms with E-state index in [0.717, 1.165) is 0 Å². The fraction of sp³-hybridized carbons (Fsp3) is 0.550. The third kappa shape index (κ3) is 2.07. The molecule has 0 amide bonds. The highest BCUT2D eigenvalue weighted by Gasteiger charge is 2.82. The van der Waals surface area contributed by atoms with E-state index in [1.165, 1.54) is 0 Å². The standard InChI is InChI=1S/C20H22O7/c1-6-8(2)17(22)25-11-7-9(3)13-14(21)16-19(5,27-16)20(13,24)15-12(11)10(4)18(23)26-15/h6,11-12,15-16,24H,4,7H2,1-3,5H3. The van der Waals surface area contributed by atoms with E-state index in [9.17, 15) is 19.5 Å². The Morgan fingerprint density at radius 2 is 2.07 bits per heavy atom. The largest absolute Gasteiger partial charge is 0.458 e. The van der Waals surface area contributed by atoms with Gasteiger partial charge in [-0.3, -0.25) is 4.79 Å². The van der Waals surface area contributed by atoms with Crippen LogP contribution in [0.3, 0.4) is 0 Å². The lowest BCUT2D eigenvalue weighted by atomic mass is 9.76. The van der Waals surface area contributed by atoms with E-state index in [2.05, 4.69) is 6.58 Å². The van der Waals surface area contributed by atoms with Gasteiger partial charge >= 0.3 is 11.9 Å². The van der Waals surface area contributed by atoms with Gasteiger partial charge in [0, 0.05) is 23.1 Å². The summed E-state index contributed by atoms with van der Waals surface area (Å²) in [6.45, 7) is 10.5. The van der Waals surface area contributed by atoms with Crippen LogP contribution in [0, 0.1) is 5.92 Å². The molecule has 7 heteroatoms. The van der Waals surface area contributed by atoms with Gasteiger partial charge in [-0.05, 0) is 27.7 Å². The van der Waals surface area contributed by atoms with Gasteiger partial charge in [-0.1, -0.05) is 18.2 Å². The van der Waals surface area contributed by atoms with Gasteiger partial charge in [0.05, 0.1) is 5.92 Å². The predicted molar refractivity (Wildman–Crippen MR) is 92.4 cm³/mol. The Hall–Kier alpha value is -2.25. The van der Waals surface area contributed by atoms with Crippen LogP contribution in [0.15, 0.2) is 34.9 Å². The smallest absolute Gasteiger partial charge is 0.334 e. The van der Waals surface area contributed by atoms with Crippen LogP contribution in [0.1, 0.15) is 34.1 Å². The van der Waals surface area contributed by atoms with Gasteiger partial charge in [0.25, 0.3) is 0 Å². The molecular weight excluding hydrogens is 352 g/mol. The van der Waals surface area contributed by atoms with Gasteiger partial charge in [-0.2, -0.15) is 0 Å². The van der Waals surface area contributed by atoms with Crippen LogP contribution in [0.2, 0.25) is 0 Å². The minimum Gasteiger partial charge on any atom is -0.458 e. The Labute approximate surface area is 156 Å². The Morgan fingerprint density at radius 3 is 2.70 bits per heavy atom. The highest BCUT2D eigenvalue weighted by molar-refractivity contribution is 6.09. The molecule has 0 aromatic carbocycles. The molecule has 1 N–H and O–H groups in total. The molecule has 2 aliphatic heterocycles. The second-order valence-corrected chi connectivity index (χ2v) is 7.89. The number of fused-ring (bicyclic) bond motifs is 5. The van der Waals surface area contributed by atoms with Crippen LogP contribution in [-0.4, -0.2) is 52.3 Å². The number of carbonyl (C=O) groups is 3. The van der Waals surface area contributed by atoms with Gasteiger partial charge in [0.1, 0.15) is 17.8 Å². The highest BCUT2D eigenvalue weighted by atomic mass is 16.6. The molecule has 144 valence electrons. The second kappa shape index (κ2) is 5.39. The lowest BCUT2D eigenvalue weighted by Gasteiger charge is -2.37. The molecule has 4 rings (SSSR count). The number of hydrogen-bond acceptors (Lipinski definition) is 7. The lowest BCUT2D eigenvalue weighted by molar-refractivity contribution is -0.163. The predicted octanol–water partition coefficient (Wildman–Crippen LogP) is 1.15. The van der Waals surface area contributed by atoms with Crippen LogP contribution in [-0.2, 0) is 28.6 Å². The normalized spacial score (nSPS) is 43.0.